The van der Waals surface area contributed by atoms with Gasteiger partial charge in [-0.15, -0.1) is 5.10 Å². The molecule has 3 aromatic rings. The van der Waals surface area contributed by atoms with Gasteiger partial charge in [0.25, 0.3) is 5.91 Å². The molecular weight excluding hydrogens is 341 g/mol. The molecule has 0 bridgehead atoms. The van der Waals surface area contributed by atoms with E-state index in [1.807, 2.05) is 0 Å². The van der Waals surface area contributed by atoms with Crippen molar-refractivity contribution in [2.75, 3.05) is 26.2 Å². The lowest BCUT2D eigenvalue weighted by Crippen LogP contribution is -2.51. The maximum Gasteiger partial charge on any atom is 0.270 e. The fourth-order valence-electron chi connectivity index (χ4n) is 3.05. The molecule has 1 N–H and O–H groups in total. The average molecular weight is 357 g/mol. The second-order valence-electron chi connectivity index (χ2n) is 6.06. The largest absolute Gasteiger partial charge is 0.350 e. The monoisotopic (exact) mass is 357 g/mol. The van der Waals surface area contributed by atoms with Crippen LogP contribution >= 0.6 is 0 Å². The van der Waals surface area contributed by atoms with E-state index in [1.54, 1.807) is 21.9 Å². The molecule has 0 spiro atoms. The zero-order valence-corrected chi connectivity index (χ0v) is 13.8. The Balaban J connectivity index is 1.40. The lowest BCUT2D eigenvalue weighted by atomic mass is 10.2. The summed E-state index contributed by atoms with van der Waals surface area (Å²) in [6.45, 7) is 1.76. The van der Waals surface area contributed by atoms with Gasteiger partial charge in [-0.3, -0.25) is 9.59 Å². The molecule has 4 rings (SSSR count). The van der Waals surface area contributed by atoms with E-state index in [0.717, 1.165) is 0 Å². The lowest BCUT2D eigenvalue weighted by Gasteiger charge is -2.34. The van der Waals surface area contributed by atoms with Crippen LogP contribution in [0.2, 0.25) is 0 Å². The van der Waals surface area contributed by atoms with Crippen molar-refractivity contribution in [3.8, 4) is 0 Å². The van der Waals surface area contributed by atoms with Crippen molar-refractivity contribution in [2.24, 2.45) is 0 Å². The Hall–Kier alpha value is -3.30. The summed E-state index contributed by atoms with van der Waals surface area (Å²) in [5, 5.41) is 11.0. The van der Waals surface area contributed by atoms with Crippen LogP contribution in [0.4, 0.5) is 4.39 Å². The molecule has 1 aromatic carbocycles. The van der Waals surface area contributed by atoms with Gasteiger partial charge >= 0.3 is 0 Å². The van der Waals surface area contributed by atoms with Gasteiger partial charge < -0.3 is 14.8 Å². The van der Waals surface area contributed by atoms with Gasteiger partial charge in [-0.2, -0.15) is 0 Å². The molecule has 0 saturated carbocycles. The molecule has 2 aromatic heterocycles. The van der Waals surface area contributed by atoms with Gasteiger partial charge in [0.15, 0.2) is 0 Å². The Bertz CT molecular complexity index is 945. The highest BCUT2D eigenvalue weighted by Gasteiger charge is 2.26. The number of piperazine rings is 1. The van der Waals surface area contributed by atoms with Crippen molar-refractivity contribution in [3.63, 3.8) is 0 Å². The summed E-state index contributed by atoms with van der Waals surface area (Å²) in [7, 11) is 0. The van der Waals surface area contributed by atoms with Crippen LogP contribution in [-0.4, -0.2) is 73.0 Å². The molecular formula is C16H16FN7O2. The summed E-state index contributed by atoms with van der Waals surface area (Å²) in [5.41, 5.74) is 0.933. The molecule has 3 heterocycles. The second-order valence-corrected chi connectivity index (χ2v) is 6.06. The Morgan fingerprint density at radius 1 is 1.15 bits per heavy atom. The third-order valence-corrected chi connectivity index (χ3v) is 4.45. The summed E-state index contributed by atoms with van der Waals surface area (Å²) < 4.78 is 15.2. The Morgan fingerprint density at radius 3 is 2.62 bits per heavy atom. The highest BCUT2D eigenvalue weighted by atomic mass is 19.1. The minimum atomic E-state index is -0.365. The van der Waals surface area contributed by atoms with Crippen LogP contribution in [0.5, 0.6) is 0 Å². The number of halogens is 1. The van der Waals surface area contributed by atoms with Gasteiger partial charge in [0, 0.05) is 37.1 Å². The molecule has 1 saturated heterocycles. The maximum absolute atomic E-state index is 13.8. The standard InChI is InChI=1S/C16H16FN7O2/c17-12-2-1-3-13-11(12)8-14(19-13)16(26)23-6-4-22(5-7-23)15(25)9-24-10-18-20-21-24/h1-3,8,10,19H,4-7,9H2. The first-order valence-electron chi connectivity index (χ1n) is 8.17. The van der Waals surface area contributed by atoms with Gasteiger partial charge in [0.1, 0.15) is 24.4 Å². The van der Waals surface area contributed by atoms with E-state index >= 15 is 0 Å². The van der Waals surface area contributed by atoms with Crippen LogP contribution in [0.15, 0.2) is 30.6 Å². The van der Waals surface area contributed by atoms with Crippen molar-refractivity contribution in [3.05, 3.63) is 42.1 Å². The first-order chi connectivity index (χ1) is 12.6. The summed E-state index contributed by atoms with van der Waals surface area (Å²) >= 11 is 0. The number of amides is 2. The number of fused-ring (bicyclic) bond motifs is 1. The van der Waals surface area contributed by atoms with Crippen LogP contribution in [0.1, 0.15) is 10.5 Å². The number of hydrogen-bond donors (Lipinski definition) is 1. The second kappa shape index (κ2) is 6.54. The van der Waals surface area contributed by atoms with Crippen molar-refractivity contribution in [2.45, 2.75) is 6.54 Å². The van der Waals surface area contributed by atoms with Gasteiger partial charge in [-0.1, -0.05) is 6.07 Å². The lowest BCUT2D eigenvalue weighted by molar-refractivity contribution is -0.133. The molecule has 0 radical (unpaired) electrons. The van der Waals surface area contributed by atoms with E-state index in [2.05, 4.69) is 20.5 Å². The quantitative estimate of drug-likeness (QED) is 0.726. The zero-order valence-electron chi connectivity index (χ0n) is 13.8. The SMILES string of the molecule is O=C(Cn1cnnn1)N1CCN(C(=O)c2cc3c(F)cccc3[nH]2)CC1. The van der Waals surface area contributed by atoms with E-state index < -0.39 is 0 Å². The number of aromatic amines is 1. The number of hydrogen-bond acceptors (Lipinski definition) is 5. The molecule has 2 amide bonds. The van der Waals surface area contributed by atoms with Crippen molar-refractivity contribution < 1.29 is 14.0 Å². The van der Waals surface area contributed by atoms with Crippen LogP contribution in [0, 0.1) is 5.82 Å². The predicted molar refractivity (Wildman–Crippen MR) is 88.6 cm³/mol. The summed E-state index contributed by atoms with van der Waals surface area (Å²) in [6.07, 6.45) is 1.38. The Kier molecular flexibility index (Phi) is 4.07. The number of tetrazole rings is 1. The molecule has 0 aliphatic carbocycles. The van der Waals surface area contributed by atoms with Crippen LogP contribution in [-0.2, 0) is 11.3 Å². The van der Waals surface area contributed by atoms with Crippen molar-refractivity contribution in [1.82, 2.24) is 35.0 Å². The first-order valence-corrected chi connectivity index (χ1v) is 8.17. The summed E-state index contributed by atoms with van der Waals surface area (Å²) in [6, 6.07) is 6.21. The number of benzene rings is 1. The van der Waals surface area contributed by atoms with Gasteiger partial charge in [-0.25, -0.2) is 9.07 Å². The van der Waals surface area contributed by atoms with E-state index in [-0.39, 0.29) is 24.2 Å². The average Bonchev–Trinajstić information content (AvgIpc) is 3.31. The fourth-order valence-corrected chi connectivity index (χ4v) is 3.05. The summed E-state index contributed by atoms with van der Waals surface area (Å²) in [4.78, 5) is 31.2. The van der Waals surface area contributed by atoms with E-state index in [0.29, 0.717) is 42.8 Å². The third-order valence-electron chi connectivity index (χ3n) is 4.45. The minimum absolute atomic E-state index is 0.0717. The van der Waals surface area contributed by atoms with Gasteiger partial charge in [-0.05, 0) is 28.6 Å². The molecule has 134 valence electrons. The number of carbonyl (C=O) groups is 2. The zero-order chi connectivity index (χ0) is 18.1. The van der Waals surface area contributed by atoms with Crippen LogP contribution < -0.4 is 0 Å². The highest BCUT2D eigenvalue weighted by molar-refractivity contribution is 5.98. The molecule has 1 aliphatic heterocycles. The van der Waals surface area contributed by atoms with Crippen molar-refractivity contribution >= 4 is 22.7 Å². The maximum atomic E-state index is 13.8. The van der Waals surface area contributed by atoms with Gasteiger partial charge in [0.2, 0.25) is 5.91 Å². The van der Waals surface area contributed by atoms with E-state index in [1.165, 1.54) is 23.1 Å². The third kappa shape index (κ3) is 3.01. The van der Waals surface area contributed by atoms with E-state index in [9.17, 15) is 14.0 Å². The normalized spacial score (nSPS) is 14.8. The number of aromatic nitrogens is 5. The Labute approximate surface area is 147 Å². The Morgan fingerprint density at radius 2 is 1.92 bits per heavy atom. The van der Waals surface area contributed by atoms with Crippen molar-refractivity contribution in [1.29, 1.82) is 0 Å². The first kappa shape index (κ1) is 16.2. The highest BCUT2D eigenvalue weighted by Crippen LogP contribution is 2.20. The molecule has 10 heteroatoms. The molecule has 9 nitrogen and oxygen atoms in total. The van der Waals surface area contributed by atoms with Crippen LogP contribution in [0.3, 0.4) is 0 Å². The number of nitrogens with one attached hydrogen (secondary N) is 1. The number of H-pyrrole nitrogens is 1. The topological polar surface area (TPSA) is 100 Å². The van der Waals surface area contributed by atoms with E-state index in [4.69, 9.17) is 0 Å². The molecule has 0 unspecified atom stereocenters. The number of rotatable bonds is 3. The molecule has 0 atom stereocenters. The fraction of sp³-hybridized carbons (Fsp3) is 0.312. The predicted octanol–water partition coefficient (Wildman–Crippen LogP) is 0.278. The summed E-state index contributed by atoms with van der Waals surface area (Å²) in [5.74, 6) is -0.666. The molecule has 1 fully saturated rings. The minimum Gasteiger partial charge on any atom is -0.350 e. The number of nitrogens with zero attached hydrogens (tertiary/aromatic N) is 6. The molecule has 1 aliphatic rings. The number of carbonyl (C=O) groups excluding carboxylic acids is 2. The smallest absolute Gasteiger partial charge is 0.270 e. The van der Waals surface area contributed by atoms with Crippen LogP contribution in [0.25, 0.3) is 10.9 Å². The van der Waals surface area contributed by atoms with Gasteiger partial charge in [0.05, 0.1) is 0 Å². The molecule has 26 heavy (non-hydrogen) atoms.